The summed E-state index contributed by atoms with van der Waals surface area (Å²) >= 11 is 0. The molecule has 1 saturated carbocycles. The quantitative estimate of drug-likeness (QED) is 0.791. The van der Waals surface area contributed by atoms with Crippen LogP contribution in [0.15, 0.2) is 24.3 Å². The second kappa shape index (κ2) is 6.71. The molecular weight excluding hydrogens is 236 g/mol. The van der Waals surface area contributed by atoms with E-state index in [9.17, 15) is 4.79 Å². The first-order valence-electron chi connectivity index (χ1n) is 7.28. The van der Waals surface area contributed by atoms with Gasteiger partial charge >= 0.3 is 0 Å². The number of rotatable bonds is 7. The highest BCUT2D eigenvalue weighted by Crippen LogP contribution is 2.19. The van der Waals surface area contributed by atoms with Crippen LogP contribution in [0.2, 0.25) is 0 Å². The van der Waals surface area contributed by atoms with Crippen molar-refractivity contribution in [1.29, 1.82) is 0 Å². The molecule has 1 aliphatic carbocycles. The third-order valence-corrected chi connectivity index (χ3v) is 3.59. The summed E-state index contributed by atoms with van der Waals surface area (Å²) in [6.07, 6.45) is 4.02. The summed E-state index contributed by atoms with van der Waals surface area (Å²) in [6, 6.07) is 9.21. The van der Waals surface area contributed by atoms with E-state index in [-0.39, 0.29) is 11.9 Å². The van der Waals surface area contributed by atoms with Crippen LogP contribution in [0, 0.1) is 6.92 Å². The summed E-state index contributed by atoms with van der Waals surface area (Å²) in [6.45, 7) is 4.97. The van der Waals surface area contributed by atoms with Crippen LogP contribution in [0.25, 0.3) is 0 Å². The fourth-order valence-electron chi connectivity index (χ4n) is 2.16. The second-order valence-corrected chi connectivity index (χ2v) is 5.42. The summed E-state index contributed by atoms with van der Waals surface area (Å²) in [5, 5.41) is 6.48. The number of carbonyl (C=O) groups is 1. The predicted molar refractivity (Wildman–Crippen MR) is 78.0 cm³/mol. The van der Waals surface area contributed by atoms with Gasteiger partial charge in [-0.25, -0.2) is 0 Å². The number of benzene rings is 1. The Morgan fingerprint density at radius 3 is 2.58 bits per heavy atom. The van der Waals surface area contributed by atoms with Crippen LogP contribution in [0.4, 0.5) is 0 Å². The Hall–Kier alpha value is -1.35. The summed E-state index contributed by atoms with van der Waals surface area (Å²) in [4.78, 5) is 11.9. The van der Waals surface area contributed by atoms with Gasteiger partial charge in [-0.05, 0) is 31.7 Å². The molecule has 0 radical (unpaired) electrons. The van der Waals surface area contributed by atoms with Crippen molar-refractivity contribution in [1.82, 2.24) is 10.6 Å². The summed E-state index contributed by atoms with van der Waals surface area (Å²) in [7, 11) is 0. The number of aryl methyl sites for hydroxylation is 1. The molecule has 1 aromatic rings. The van der Waals surface area contributed by atoms with Gasteiger partial charge in [0.15, 0.2) is 0 Å². The van der Waals surface area contributed by atoms with Gasteiger partial charge in [0.1, 0.15) is 0 Å². The lowest BCUT2D eigenvalue weighted by Gasteiger charge is -2.18. The average molecular weight is 260 g/mol. The van der Waals surface area contributed by atoms with Crippen molar-refractivity contribution in [3.63, 3.8) is 0 Å². The standard InChI is InChI=1S/C16H24N2O/c1-3-15(13-6-4-12(2)5-7-13)18-16(19)10-11-17-14-8-9-14/h4-7,14-15,17H,3,8-11H2,1-2H3,(H,18,19). The van der Waals surface area contributed by atoms with E-state index in [0.29, 0.717) is 12.5 Å². The molecule has 0 bridgehead atoms. The number of hydrogen-bond donors (Lipinski definition) is 2. The van der Waals surface area contributed by atoms with Crippen molar-refractivity contribution in [3.8, 4) is 0 Å². The highest BCUT2D eigenvalue weighted by Gasteiger charge is 2.20. The Morgan fingerprint density at radius 1 is 1.32 bits per heavy atom. The van der Waals surface area contributed by atoms with E-state index in [1.54, 1.807) is 0 Å². The number of hydrogen-bond acceptors (Lipinski definition) is 2. The first-order valence-corrected chi connectivity index (χ1v) is 7.28. The van der Waals surface area contributed by atoms with Gasteiger partial charge < -0.3 is 10.6 Å². The van der Waals surface area contributed by atoms with E-state index in [4.69, 9.17) is 0 Å². The van der Waals surface area contributed by atoms with Crippen molar-refractivity contribution in [3.05, 3.63) is 35.4 Å². The van der Waals surface area contributed by atoms with E-state index in [0.717, 1.165) is 13.0 Å². The molecule has 104 valence electrons. The zero-order valence-corrected chi connectivity index (χ0v) is 11.9. The summed E-state index contributed by atoms with van der Waals surface area (Å²) in [5.41, 5.74) is 2.44. The Labute approximate surface area is 115 Å². The normalized spacial score (nSPS) is 16.1. The summed E-state index contributed by atoms with van der Waals surface area (Å²) < 4.78 is 0. The lowest BCUT2D eigenvalue weighted by molar-refractivity contribution is -0.121. The monoisotopic (exact) mass is 260 g/mol. The Bertz CT molecular complexity index is 409. The topological polar surface area (TPSA) is 41.1 Å². The van der Waals surface area contributed by atoms with Crippen LogP contribution in [0.1, 0.15) is 49.8 Å². The molecule has 1 atom stereocenters. The molecule has 19 heavy (non-hydrogen) atoms. The fraction of sp³-hybridized carbons (Fsp3) is 0.562. The molecule has 0 saturated heterocycles. The smallest absolute Gasteiger partial charge is 0.221 e. The average Bonchev–Trinajstić information content (AvgIpc) is 3.21. The van der Waals surface area contributed by atoms with Crippen LogP contribution in [-0.2, 0) is 4.79 Å². The van der Waals surface area contributed by atoms with Crippen molar-refractivity contribution < 1.29 is 4.79 Å². The first kappa shape index (κ1) is 14.1. The maximum absolute atomic E-state index is 11.9. The van der Waals surface area contributed by atoms with Gasteiger partial charge in [-0.3, -0.25) is 4.79 Å². The molecule has 0 heterocycles. The molecule has 3 heteroatoms. The molecule has 1 aliphatic rings. The third-order valence-electron chi connectivity index (χ3n) is 3.59. The molecule has 0 aromatic heterocycles. The van der Waals surface area contributed by atoms with Crippen LogP contribution >= 0.6 is 0 Å². The molecular formula is C16H24N2O. The predicted octanol–water partition coefficient (Wildman–Crippen LogP) is 2.70. The van der Waals surface area contributed by atoms with Crippen molar-refractivity contribution >= 4 is 5.91 Å². The largest absolute Gasteiger partial charge is 0.349 e. The van der Waals surface area contributed by atoms with E-state index in [2.05, 4.69) is 48.7 Å². The molecule has 0 spiro atoms. The van der Waals surface area contributed by atoms with Crippen molar-refractivity contribution in [2.45, 2.75) is 51.6 Å². The SMILES string of the molecule is CCC(NC(=O)CCNC1CC1)c1ccc(C)cc1. The van der Waals surface area contributed by atoms with Gasteiger partial charge in [-0.2, -0.15) is 0 Å². The van der Waals surface area contributed by atoms with Gasteiger partial charge in [0.05, 0.1) is 6.04 Å². The van der Waals surface area contributed by atoms with Gasteiger partial charge in [-0.1, -0.05) is 36.8 Å². The minimum absolute atomic E-state index is 0.133. The third kappa shape index (κ3) is 4.67. The number of carbonyl (C=O) groups excluding carboxylic acids is 1. The number of nitrogens with one attached hydrogen (secondary N) is 2. The molecule has 1 amide bonds. The molecule has 1 unspecified atom stereocenters. The molecule has 3 nitrogen and oxygen atoms in total. The number of amides is 1. The lowest BCUT2D eigenvalue weighted by Crippen LogP contribution is -2.31. The second-order valence-electron chi connectivity index (χ2n) is 5.42. The van der Waals surface area contributed by atoms with Crippen LogP contribution in [-0.4, -0.2) is 18.5 Å². The van der Waals surface area contributed by atoms with E-state index < -0.39 is 0 Å². The first-order chi connectivity index (χ1) is 9.19. The van der Waals surface area contributed by atoms with Crippen LogP contribution in [0.5, 0.6) is 0 Å². The summed E-state index contributed by atoms with van der Waals surface area (Å²) in [5.74, 6) is 0.139. The fourth-order valence-corrected chi connectivity index (χ4v) is 2.16. The van der Waals surface area contributed by atoms with Gasteiger partial charge in [-0.15, -0.1) is 0 Å². The maximum atomic E-state index is 11.9. The molecule has 1 aromatic carbocycles. The Kier molecular flexibility index (Phi) is 4.97. The van der Waals surface area contributed by atoms with Crippen molar-refractivity contribution in [2.24, 2.45) is 0 Å². The highest BCUT2D eigenvalue weighted by atomic mass is 16.1. The van der Waals surface area contributed by atoms with E-state index in [1.165, 1.54) is 24.0 Å². The maximum Gasteiger partial charge on any atom is 0.221 e. The van der Waals surface area contributed by atoms with Crippen LogP contribution < -0.4 is 10.6 Å². The Balaban J connectivity index is 1.79. The molecule has 2 rings (SSSR count). The molecule has 1 fully saturated rings. The lowest BCUT2D eigenvalue weighted by atomic mass is 10.0. The molecule has 2 N–H and O–H groups in total. The zero-order valence-electron chi connectivity index (χ0n) is 11.9. The minimum Gasteiger partial charge on any atom is -0.349 e. The van der Waals surface area contributed by atoms with Gasteiger partial charge in [0.25, 0.3) is 0 Å². The molecule has 0 aliphatic heterocycles. The highest BCUT2D eigenvalue weighted by molar-refractivity contribution is 5.76. The van der Waals surface area contributed by atoms with Gasteiger partial charge in [0, 0.05) is 19.0 Å². The van der Waals surface area contributed by atoms with E-state index >= 15 is 0 Å². The zero-order chi connectivity index (χ0) is 13.7. The van der Waals surface area contributed by atoms with Crippen LogP contribution in [0.3, 0.4) is 0 Å². The van der Waals surface area contributed by atoms with E-state index in [1.807, 2.05) is 0 Å². The minimum atomic E-state index is 0.133. The van der Waals surface area contributed by atoms with Crippen molar-refractivity contribution in [2.75, 3.05) is 6.54 Å². The van der Waals surface area contributed by atoms with Gasteiger partial charge in [0.2, 0.25) is 5.91 Å². The Morgan fingerprint density at radius 2 is 2.00 bits per heavy atom.